The Morgan fingerprint density at radius 3 is 2.77 bits per heavy atom. The van der Waals surface area contributed by atoms with Gasteiger partial charge in [-0.05, 0) is 43.3 Å². The standard InChI is InChI=1S/C23H20N4O4/c1-2-27-22(29)19-9-8-16(11-20(19)26-23(27)30)21(28)25-17-6-3-7-18(12-17)31-14-15-5-4-10-24-13-15/h3-13H,2,14H2,1H3,(H,25,28)(H,26,30). The van der Waals surface area contributed by atoms with Gasteiger partial charge in [0.1, 0.15) is 12.4 Å². The molecule has 0 bridgehead atoms. The van der Waals surface area contributed by atoms with E-state index in [0.717, 1.165) is 10.1 Å². The van der Waals surface area contributed by atoms with Crippen LogP contribution in [0, 0.1) is 0 Å². The molecule has 4 rings (SSSR count). The summed E-state index contributed by atoms with van der Waals surface area (Å²) in [6.45, 7) is 2.35. The molecule has 0 saturated heterocycles. The zero-order valence-corrected chi connectivity index (χ0v) is 16.8. The van der Waals surface area contributed by atoms with Crippen LogP contribution in [0.25, 0.3) is 10.9 Å². The molecule has 0 radical (unpaired) electrons. The van der Waals surface area contributed by atoms with Crippen molar-refractivity contribution in [1.29, 1.82) is 0 Å². The predicted octanol–water partition coefficient (Wildman–Crippen LogP) is 2.94. The minimum Gasteiger partial charge on any atom is -0.489 e. The summed E-state index contributed by atoms with van der Waals surface area (Å²) in [5, 5.41) is 3.16. The van der Waals surface area contributed by atoms with Crippen molar-refractivity contribution >= 4 is 22.5 Å². The summed E-state index contributed by atoms with van der Waals surface area (Å²) in [6.07, 6.45) is 3.42. The van der Waals surface area contributed by atoms with E-state index < -0.39 is 5.69 Å². The third kappa shape index (κ3) is 4.37. The Morgan fingerprint density at radius 1 is 1.13 bits per heavy atom. The third-order valence-corrected chi connectivity index (χ3v) is 4.78. The first-order chi connectivity index (χ1) is 15.0. The Morgan fingerprint density at radius 2 is 2.00 bits per heavy atom. The van der Waals surface area contributed by atoms with Gasteiger partial charge in [0.2, 0.25) is 0 Å². The first kappa shape index (κ1) is 20.1. The summed E-state index contributed by atoms with van der Waals surface area (Å²) < 4.78 is 6.87. The summed E-state index contributed by atoms with van der Waals surface area (Å²) in [7, 11) is 0. The van der Waals surface area contributed by atoms with Gasteiger partial charge in [0.15, 0.2) is 0 Å². The number of aromatic nitrogens is 3. The molecule has 0 fully saturated rings. The maximum absolute atomic E-state index is 12.7. The number of anilines is 1. The Kier molecular flexibility index (Phi) is 5.61. The van der Waals surface area contributed by atoms with E-state index in [1.165, 1.54) is 6.07 Å². The molecule has 0 atom stereocenters. The van der Waals surface area contributed by atoms with Crippen molar-refractivity contribution in [3.8, 4) is 5.75 Å². The van der Waals surface area contributed by atoms with Gasteiger partial charge in [0.05, 0.1) is 10.9 Å². The van der Waals surface area contributed by atoms with Crippen LogP contribution >= 0.6 is 0 Å². The van der Waals surface area contributed by atoms with E-state index in [9.17, 15) is 14.4 Å². The molecule has 2 heterocycles. The smallest absolute Gasteiger partial charge is 0.328 e. The summed E-state index contributed by atoms with van der Waals surface area (Å²) >= 11 is 0. The molecule has 2 N–H and O–H groups in total. The highest BCUT2D eigenvalue weighted by Gasteiger charge is 2.11. The van der Waals surface area contributed by atoms with Crippen LogP contribution in [0.1, 0.15) is 22.8 Å². The van der Waals surface area contributed by atoms with Crippen LogP contribution in [0.4, 0.5) is 5.69 Å². The van der Waals surface area contributed by atoms with Crippen molar-refractivity contribution < 1.29 is 9.53 Å². The van der Waals surface area contributed by atoms with Gasteiger partial charge in [-0.1, -0.05) is 12.1 Å². The van der Waals surface area contributed by atoms with Crippen LogP contribution in [0.3, 0.4) is 0 Å². The normalized spacial score (nSPS) is 10.7. The number of nitrogens with one attached hydrogen (secondary N) is 2. The molecule has 0 aliphatic heterocycles. The quantitative estimate of drug-likeness (QED) is 0.503. The lowest BCUT2D eigenvalue weighted by atomic mass is 10.1. The number of hydrogen-bond acceptors (Lipinski definition) is 5. The number of carbonyl (C=O) groups is 1. The lowest BCUT2D eigenvalue weighted by Crippen LogP contribution is -2.34. The number of H-pyrrole nitrogens is 1. The highest BCUT2D eigenvalue weighted by Crippen LogP contribution is 2.20. The molecule has 156 valence electrons. The topological polar surface area (TPSA) is 106 Å². The van der Waals surface area contributed by atoms with Gasteiger partial charge >= 0.3 is 5.69 Å². The molecule has 8 nitrogen and oxygen atoms in total. The Labute approximate surface area is 177 Å². The van der Waals surface area contributed by atoms with Crippen LogP contribution in [0.2, 0.25) is 0 Å². The number of fused-ring (bicyclic) bond motifs is 1. The average molecular weight is 416 g/mol. The Balaban J connectivity index is 1.52. The highest BCUT2D eigenvalue weighted by atomic mass is 16.5. The highest BCUT2D eigenvalue weighted by molar-refractivity contribution is 6.06. The van der Waals surface area contributed by atoms with Crippen molar-refractivity contribution in [2.45, 2.75) is 20.1 Å². The van der Waals surface area contributed by atoms with Gasteiger partial charge < -0.3 is 15.0 Å². The lowest BCUT2D eigenvalue weighted by Gasteiger charge is -2.10. The summed E-state index contributed by atoms with van der Waals surface area (Å²) in [4.78, 5) is 43.8. The maximum atomic E-state index is 12.7. The third-order valence-electron chi connectivity index (χ3n) is 4.78. The van der Waals surface area contributed by atoms with Gasteiger partial charge in [-0.3, -0.25) is 19.1 Å². The van der Waals surface area contributed by atoms with Crippen LogP contribution < -0.4 is 21.3 Å². The second-order valence-electron chi connectivity index (χ2n) is 6.87. The summed E-state index contributed by atoms with van der Waals surface area (Å²) in [5.41, 5.74) is 1.25. The van der Waals surface area contributed by atoms with Crippen LogP contribution in [-0.4, -0.2) is 20.4 Å². The van der Waals surface area contributed by atoms with Gasteiger partial charge in [-0.2, -0.15) is 0 Å². The number of hydrogen-bond donors (Lipinski definition) is 2. The molecule has 0 unspecified atom stereocenters. The molecule has 1 amide bonds. The molecule has 0 aliphatic rings. The molecule has 0 spiro atoms. The largest absolute Gasteiger partial charge is 0.489 e. The van der Waals surface area contributed by atoms with Gasteiger partial charge in [0.25, 0.3) is 11.5 Å². The minimum atomic E-state index is -0.504. The van der Waals surface area contributed by atoms with Crippen LogP contribution in [0.15, 0.2) is 76.6 Å². The number of aromatic amines is 1. The number of benzene rings is 2. The molecule has 2 aromatic heterocycles. The van der Waals surface area contributed by atoms with E-state index in [0.29, 0.717) is 34.5 Å². The second kappa shape index (κ2) is 8.66. The van der Waals surface area contributed by atoms with E-state index in [1.807, 2.05) is 12.1 Å². The maximum Gasteiger partial charge on any atom is 0.328 e. The number of rotatable bonds is 6. The van der Waals surface area contributed by atoms with Crippen LogP contribution in [0.5, 0.6) is 5.75 Å². The number of ether oxygens (including phenoxy) is 1. The molecular formula is C23H20N4O4. The Hall–Kier alpha value is -4.20. The zero-order chi connectivity index (χ0) is 21.8. The molecule has 31 heavy (non-hydrogen) atoms. The van der Waals surface area contributed by atoms with Crippen molar-refractivity contribution in [1.82, 2.24) is 14.5 Å². The first-order valence-corrected chi connectivity index (χ1v) is 9.75. The monoisotopic (exact) mass is 416 g/mol. The van der Waals surface area contributed by atoms with E-state index >= 15 is 0 Å². The van der Waals surface area contributed by atoms with E-state index in [4.69, 9.17) is 4.74 Å². The van der Waals surface area contributed by atoms with E-state index in [2.05, 4.69) is 15.3 Å². The number of carbonyl (C=O) groups excluding carboxylic acids is 1. The predicted molar refractivity (Wildman–Crippen MR) is 117 cm³/mol. The number of nitrogens with zero attached hydrogens (tertiary/aromatic N) is 2. The summed E-state index contributed by atoms with van der Waals surface area (Å²) in [5.74, 6) is 0.233. The molecule has 0 aliphatic carbocycles. The molecule has 0 saturated carbocycles. The fraction of sp³-hybridized carbons (Fsp3) is 0.130. The fourth-order valence-corrected chi connectivity index (χ4v) is 3.20. The van der Waals surface area contributed by atoms with Crippen molar-refractivity contribution in [2.24, 2.45) is 0 Å². The minimum absolute atomic E-state index is 0.269. The SMILES string of the molecule is CCn1c(=O)[nH]c2cc(C(=O)Nc3cccc(OCc4cccnc4)c3)ccc2c1=O. The van der Waals surface area contributed by atoms with Crippen molar-refractivity contribution in [3.63, 3.8) is 0 Å². The molecule has 8 heteroatoms. The fourth-order valence-electron chi connectivity index (χ4n) is 3.20. The van der Waals surface area contributed by atoms with Gasteiger partial charge in [0, 0.05) is 41.8 Å². The van der Waals surface area contributed by atoms with E-state index in [1.54, 1.807) is 55.7 Å². The van der Waals surface area contributed by atoms with Gasteiger partial charge in [-0.15, -0.1) is 0 Å². The summed E-state index contributed by atoms with van der Waals surface area (Å²) in [6, 6.07) is 15.4. The Bertz CT molecular complexity index is 1360. The van der Waals surface area contributed by atoms with Crippen molar-refractivity contribution in [3.05, 3.63) is 99.0 Å². The van der Waals surface area contributed by atoms with Crippen molar-refractivity contribution in [2.75, 3.05) is 5.32 Å². The molecular weight excluding hydrogens is 396 g/mol. The zero-order valence-electron chi connectivity index (χ0n) is 16.8. The second-order valence-corrected chi connectivity index (χ2v) is 6.87. The van der Waals surface area contributed by atoms with E-state index in [-0.39, 0.29) is 18.0 Å². The number of pyridine rings is 1. The first-order valence-electron chi connectivity index (χ1n) is 9.75. The van der Waals surface area contributed by atoms with Crippen LogP contribution in [-0.2, 0) is 13.2 Å². The molecule has 2 aromatic carbocycles. The number of amides is 1. The molecule has 4 aromatic rings. The van der Waals surface area contributed by atoms with Gasteiger partial charge in [-0.25, -0.2) is 4.79 Å². The lowest BCUT2D eigenvalue weighted by molar-refractivity contribution is 0.102. The average Bonchev–Trinajstić information content (AvgIpc) is 2.78.